The number of aliphatic hydroxyl groups excluding tert-OH is 1. The van der Waals surface area contributed by atoms with Crippen LogP contribution in [0.1, 0.15) is 38.9 Å². The Morgan fingerprint density at radius 3 is 2.39 bits per heavy atom. The van der Waals surface area contributed by atoms with Crippen molar-refractivity contribution in [2.75, 3.05) is 13.3 Å². The summed E-state index contributed by atoms with van der Waals surface area (Å²) in [5, 5.41) is 21.2. The van der Waals surface area contributed by atoms with Crippen molar-refractivity contribution in [3.05, 3.63) is 93.9 Å². The standard InChI is InChI=1S/C28H22B4ClF4N3O3S/c29-27(30,31)28(32,43)44-20-4-5-22(38-13-20)23(14-41)39-25(42)16-2-6-24-17(9-16)11-19(40(24)8-7-34)10-15-1-3-18(33)12-21(15)26(35,36)37/h1-6,9,11-13,23,41,43H,7-8,10,14H2,(H,39,42). The molecule has 44 heavy (non-hydrogen) atoms. The van der Waals surface area contributed by atoms with Gasteiger partial charge in [-0.25, -0.2) is 4.39 Å². The van der Waals surface area contributed by atoms with E-state index in [1.54, 1.807) is 16.7 Å². The molecule has 8 radical (unpaired) electrons. The molecule has 2 aromatic carbocycles. The number of hydrogen-bond acceptors (Lipinski definition) is 5. The molecule has 0 fully saturated rings. The van der Waals surface area contributed by atoms with Crippen LogP contribution in [-0.4, -0.2) is 75.2 Å². The first-order chi connectivity index (χ1) is 20.5. The summed E-state index contributed by atoms with van der Waals surface area (Å²) in [6, 6.07) is 11.8. The molecular weight excluding hydrogens is 613 g/mol. The van der Waals surface area contributed by atoms with Gasteiger partial charge in [0.05, 0.1) is 58.8 Å². The van der Waals surface area contributed by atoms with E-state index in [0.717, 1.165) is 6.07 Å². The fourth-order valence-electron chi connectivity index (χ4n) is 4.51. The zero-order valence-corrected chi connectivity index (χ0v) is 24.6. The normalized spacial score (nSPS) is 14.3. The molecule has 0 aliphatic rings. The quantitative estimate of drug-likeness (QED) is 0.0996. The molecule has 4 rings (SSSR count). The number of carbonyl (C=O) groups excluding carboxylic acids is 1. The number of aryl methyl sites for hydroxylation is 1. The van der Waals surface area contributed by atoms with Crippen molar-refractivity contribution in [1.82, 2.24) is 14.9 Å². The summed E-state index contributed by atoms with van der Waals surface area (Å²) in [4.78, 5) is 15.5. The third kappa shape index (κ3) is 7.67. The Hall–Kier alpha value is -2.86. The van der Waals surface area contributed by atoms with Crippen LogP contribution in [0.25, 0.3) is 10.9 Å². The third-order valence-corrected chi connectivity index (χ3v) is 8.18. The van der Waals surface area contributed by atoms with E-state index in [2.05, 4.69) is 10.3 Å². The monoisotopic (exact) mass is 635 g/mol. The molecular formula is C28H22B4ClF4N3O3S. The SMILES string of the molecule is [B]C([B])([B])C([B])(O)Sc1ccc(C(CO)NC(=O)c2ccc3c(c2)cc(Cc2ccc(Cl)cc2C(F)(F)F)n3CCF)nc1. The van der Waals surface area contributed by atoms with E-state index in [9.17, 15) is 32.6 Å². The molecule has 0 saturated carbocycles. The van der Waals surface area contributed by atoms with E-state index in [4.69, 9.17) is 43.0 Å². The van der Waals surface area contributed by atoms with Gasteiger partial charge in [0.25, 0.3) is 5.91 Å². The van der Waals surface area contributed by atoms with Gasteiger partial charge < -0.3 is 20.1 Å². The Morgan fingerprint density at radius 2 is 1.80 bits per heavy atom. The first-order valence-electron chi connectivity index (χ1n) is 13.0. The zero-order valence-electron chi connectivity index (χ0n) is 23.0. The Labute approximate surface area is 265 Å². The van der Waals surface area contributed by atoms with Gasteiger partial charge in [0.2, 0.25) is 0 Å². The lowest BCUT2D eigenvalue weighted by atomic mass is 9.37. The van der Waals surface area contributed by atoms with E-state index in [0.29, 0.717) is 33.3 Å². The third-order valence-electron chi connectivity index (χ3n) is 6.80. The highest BCUT2D eigenvalue weighted by atomic mass is 35.5. The van der Waals surface area contributed by atoms with Crippen molar-refractivity contribution >= 4 is 71.6 Å². The molecule has 1 amide bonds. The van der Waals surface area contributed by atoms with Gasteiger partial charge in [-0.3, -0.25) is 9.78 Å². The fourth-order valence-corrected chi connectivity index (χ4v) is 5.46. The topological polar surface area (TPSA) is 87.4 Å². The predicted molar refractivity (Wildman–Crippen MR) is 165 cm³/mol. The Morgan fingerprint density at radius 1 is 1.07 bits per heavy atom. The summed E-state index contributed by atoms with van der Waals surface area (Å²) >= 11 is 6.47. The van der Waals surface area contributed by atoms with Gasteiger partial charge in [0, 0.05) is 44.7 Å². The summed E-state index contributed by atoms with van der Waals surface area (Å²) in [6.07, 6.45) is -3.47. The minimum absolute atomic E-state index is 0.0324. The number of benzene rings is 2. The zero-order chi connectivity index (χ0) is 32.4. The van der Waals surface area contributed by atoms with Gasteiger partial charge >= 0.3 is 6.18 Å². The van der Waals surface area contributed by atoms with Gasteiger partial charge in [0.1, 0.15) is 14.5 Å². The molecule has 6 nitrogen and oxygen atoms in total. The van der Waals surface area contributed by atoms with Crippen LogP contribution in [0, 0.1) is 0 Å². The number of nitrogens with one attached hydrogen (secondary N) is 1. The number of fused-ring (bicyclic) bond motifs is 1. The van der Waals surface area contributed by atoms with Gasteiger partial charge in [-0.05, 0) is 54.1 Å². The Bertz CT molecular complexity index is 1650. The molecule has 0 spiro atoms. The number of amides is 1. The van der Waals surface area contributed by atoms with Crippen LogP contribution in [0.4, 0.5) is 17.6 Å². The summed E-state index contributed by atoms with van der Waals surface area (Å²) in [5.74, 6) is -0.571. The fraction of sp³-hybridized carbons (Fsp3) is 0.286. The van der Waals surface area contributed by atoms with Crippen molar-refractivity contribution in [3.63, 3.8) is 0 Å². The number of nitrogens with zero attached hydrogens (tertiary/aromatic N) is 2. The molecule has 16 heteroatoms. The molecule has 0 saturated heterocycles. The van der Waals surface area contributed by atoms with E-state index >= 15 is 0 Å². The number of alkyl halides is 4. The number of pyridine rings is 1. The molecule has 4 aromatic rings. The largest absolute Gasteiger partial charge is 0.416 e. The van der Waals surface area contributed by atoms with Crippen molar-refractivity contribution in [1.29, 1.82) is 0 Å². The molecule has 220 valence electrons. The maximum absolute atomic E-state index is 13.7. The van der Waals surface area contributed by atoms with Gasteiger partial charge in [-0.1, -0.05) is 17.7 Å². The van der Waals surface area contributed by atoms with Crippen molar-refractivity contribution in [2.24, 2.45) is 0 Å². The number of thioether (sulfide) groups is 1. The maximum atomic E-state index is 13.7. The molecule has 0 aliphatic carbocycles. The van der Waals surface area contributed by atoms with Crippen molar-refractivity contribution < 1.29 is 32.6 Å². The first-order valence-corrected chi connectivity index (χ1v) is 14.2. The van der Waals surface area contributed by atoms with E-state index in [1.807, 2.05) is 0 Å². The molecule has 2 atom stereocenters. The second kappa shape index (κ2) is 13.2. The Kier molecular flexibility index (Phi) is 10.2. The maximum Gasteiger partial charge on any atom is 0.416 e. The number of aromatic nitrogens is 2. The number of halogens is 5. The van der Waals surface area contributed by atoms with Crippen LogP contribution in [0.15, 0.2) is 65.7 Å². The molecule has 2 aromatic heterocycles. The molecule has 3 N–H and O–H groups in total. The number of carbonyl (C=O) groups is 1. The van der Waals surface area contributed by atoms with Crippen molar-refractivity contribution in [3.8, 4) is 0 Å². The highest BCUT2D eigenvalue weighted by Crippen LogP contribution is 2.40. The second-order valence-corrected chi connectivity index (χ2v) is 11.8. The van der Waals surface area contributed by atoms with E-state index < -0.39 is 46.9 Å². The van der Waals surface area contributed by atoms with Crippen LogP contribution in [-0.2, 0) is 19.1 Å². The minimum Gasteiger partial charge on any atom is -0.394 e. The summed E-state index contributed by atoms with van der Waals surface area (Å²) < 4.78 is 56.1. The number of aliphatic hydroxyl groups is 2. The predicted octanol–water partition coefficient (Wildman–Crippen LogP) is 4.22. The number of rotatable bonds is 11. The van der Waals surface area contributed by atoms with Gasteiger partial charge in [-0.2, -0.15) is 13.2 Å². The van der Waals surface area contributed by atoms with Crippen molar-refractivity contribution in [2.45, 2.75) is 40.0 Å². The average Bonchev–Trinajstić information content (AvgIpc) is 3.28. The lowest BCUT2D eigenvalue weighted by molar-refractivity contribution is -0.138. The van der Waals surface area contributed by atoms with E-state index in [1.165, 1.54) is 42.6 Å². The molecule has 0 aliphatic heterocycles. The minimum atomic E-state index is -4.64. The Balaban J connectivity index is 1.57. The first kappa shape index (κ1) is 34.0. The highest BCUT2D eigenvalue weighted by molar-refractivity contribution is 8.01. The van der Waals surface area contributed by atoms with Crippen LogP contribution in [0.2, 0.25) is 10.1 Å². The van der Waals surface area contributed by atoms with E-state index in [-0.39, 0.29) is 34.8 Å². The van der Waals surface area contributed by atoms with Crippen LogP contribution in [0.5, 0.6) is 0 Å². The lowest BCUT2D eigenvalue weighted by Crippen LogP contribution is -2.42. The molecule has 2 heterocycles. The summed E-state index contributed by atoms with van der Waals surface area (Å²) in [5.41, 5.74) is 0.497. The van der Waals surface area contributed by atoms with Crippen LogP contribution < -0.4 is 5.32 Å². The van der Waals surface area contributed by atoms with Crippen LogP contribution in [0.3, 0.4) is 0 Å². The molecule has 0 bridgehead atoms. The summed E-state index contributed by atoms with van der Waals surface area (Å²) in [7, 11) is 22.1. The highest BCUT2D eigenvalue weighted by Gasteiger charge is 2.35. The smallest absolute Gasteiger partial charge is 0.394 e. The van der Waals surface area contributed by atoms with Crippen LogP contribution >= 0.6 is 23.4 Å². The average molecular weight is 635 g/mol. The molecule has 2 unspecified atom stereocenters. The lowest BCUT2D eigenvalue weighted by Gasteiger charge is -2.38. The number of hydrogen-bond donors (Lipinski definition) is 3. The summed E-state index contributed by atoms with van der Waals surface area (Å²) in [6.45, 7) is -1.37. The van der Waals surface area contributed by atoms with Gasteiger partial charge in [-0.15, -0.1) is 16.9 Å². The second-order valence-electron chi connectivity index (χ2n) is 10.1. The van der Waals surface area contributed by atoms with Gasteiger partial charge in [0.15, 0.2) is 0 Å².